The standard InChI is InChI=1S/C12H17ClFNO3S/c1-18-7-6-15-5-2-8-19(16,17)10-3-4-12(14)11(13)9-10/h3-4,9,15H,2,5-8H2,1H3. The molecule has 108 valence electrons. The van der Waals surface area contributed by atoms with Crippen molar-refractivity contribution in [3.05, 3.63) is 29.0 Å². The fraction of sp³-hybridized carbons (Fsp3) is 0.500. The lowest BCUT2D eigenvalue weighted by Crippen LogP contribution is -2.22. The average Bonchev–Trinajstić information content (AvgIpc) is 2.36. The SMILES string of the molecule is COCCNCCCS(=O)(=O)c1ccc(F)c(Cl)c1. The molecule has 0 heterocycles. The molecule has 0 atom stereocenters. The summed E-state index contributed by atoms with van der Waals surface area (Å²) < 4.78 is 41.7. The maximum atomic E-state index is 13.0. The van der Waals surface area contributed by atoms with Crippen LogP contribution in [0.2, 0.25) is 5.02 Å². The van der Waals surface area contributed by atoms with Gasteiger partial charge in [-0.3, -0.25) is 0 Å². The third-order valence-corrected chi connectivity index (χ3v) is 4.59. The van der Waals surface area contributed by atoms with Crippen LogP contribution in [0.15, 0.2) is 23.1 Å². The molecule has 0 aliphatic carbocycles. The molecule has 0 bridgehead atoms. The van der Waals surface area contributed by atoms with E-state index in [0.29, 0.717) is 26.1 Å². The predicted octanol–water partition coefficient (Wildman–Crippen LogP) is 1.88. The summed E-state index contributed by atoms with van der Waals surface area (Å²) in [6, 6.07) is 3.44. The monoisotopic (exact) mass is 309 g/mol. The Hall–Kier alpha value is -0.690. The van der Waals surface area contributed by atoms with E-state index < -0.39 is 15.7 Å². The number of hydrogen-bond acceptors (Lipinski definition) is 4. The van der Waals surface area contributed by atoms with Crippen LogP contribution in [-0.4, -0.2) is 41.0 Å². The summed E-state index contributed by atoms with van der Waals surface area (Å²) in [7, 11) is -1.81. The summed E-state index contributed by atoms with van der Waals surface area (Å²) in [5.74, 6) is -0.628. The van der Waals surface area contributed by atoms with Crippen molar-refractivity contribution >= 4 is 21.4 Å². The quantitative estimate of drug-likeness (QED) is 0.588. The number of hydrogen-bond donors (Lipinski definition) is 1. The number of nitrogens with one attached hydrogen (secondary N) is 1. The number of ether oxygens (including phenoxy) is 1. The van der Waals surface area contributed by atoms with Crippen molar-refractivity contribution in [1.29, 1.82) is 0 Å². The van der Waals surface area contributed by atoms with Crippen LogP contribution in [0.1, 0.15) is 6.42 Å². The first-order chi connectivity index (χ1) is 8.97. The topological polar surface area (TPSA) is 55.4 Å². The van der Waals surface area contributed by atoms with E-state index in [4.69, 9.17) is 16.3 Å². The molecule has 4 nitrogen and oxygen atoms in total. The molecule has 0 aromatic heterocycles. The minimum absolute atomic E-state index is 0.00502. The second-order valence-electron chi connectivity index (χ2n) is 3.99. The molecule has 1 aromatic carbocycles. The first-order valence-electron chi connectivity index (χ1n) is 5.85. The second kappa shape index (κ2) is 7.79. The normalized spacial score (nSPS) is 11.7. The van der Waals surface area contributed by atoms with Gasteiger partial charge in [-0.25, -0.2) is 12.8 Å². The highest BCUT2D eigenvalue weighted by molar-refractivity contribution is 7.91. The summed E-state index contributed by atoms with van der Waals surface area (Å²) in [6.07, 6.45) is 0.473. The zero-order chi connectivity index (χ0) is 14.3. The first-order valence-corrected chi connectivity index (χ1v) is 7.88. The first kappa shape index (κ1) is 16.4. The summed E-state index contributed by atoms with van der Waals surface area (Å²) in [6.45, 7) is 1.84. The highest BCUT2D eigenvalue weighted by atomic mass is 35.5. The van der Waals surface area contributed by atoms with Crippen LogP contribution in [-0.2, 0) is 14.6 Å². The van der Waals surface area contributed by atoms with E-state index in [1.165, 1.54) is 6.07 Å². The van der Waals surface area contributed by atoms with E-state index in [-0.39, 0.29) is 15.7 Å². The van der Waals surface area contributed by atoms with Gasteiger partial charge < -0.3 is 10.1 Å². The average molecular weight is 310 g/mol. The van der Waals surface area contributed by atoms with Gasteiger partial charge in [0.25, 0.3) is 0 Å². The van der Waals surface area contributed by atoms with Crippen molar-refractivity contribution in [3.63, 3.8) is 0 Å². The van der Waals surface area contributed by atoms with Gasteiger partial charge in [0.15, 0.2) is 9.84 Å². The Kier molecular flexibility index (Phi) is 6.71. The van der Waals surface area contributed by atoms with Gasteiger partial charge in [-0.1, -0.05) is 11.6 Å². The van der Waals surface area contributed by atoms with Gasteiger partial charge in [0.1, 0.15) is 5.82 Å². The van der Waals surface area contributed by atoms with Crippen molar-refractivity contribution < 1.29 is 17.5 Å². The van der Waals surface area contributed by atoms with Gasteiger partial charge >= 0.3 is 0 Å². The molecular weight excluding hydrogens is 293 g/mol. The molecule has 0 saturated heterocycles. The van der Waals surface area contributed by atoms with Crippen LogP contribution in [0.25, 0.3) is 0 Å². The van der Waals surface area contributed by atoms with E-state index in [2.05, 4.69) is 5.32 Å². The minimum atomic E-state index is -3.41. The Morgan fingerprint density at radius 1 is 1.37 bits per heavy atom. The van der Waals surface area contributed by atoms with E-state index >= 15 is 0 Å². The van der Waals surface area contributed by atoms with Gasteiger partial charge in [0.2, 0.25) is 0 Å². The Balaban J connectivity index is 2.49. The second-order valence-corrected chi connectivity index (χ2v) is 6.51. The molecular formula is C12H17ClFNO3S. The number of rotatable bonds is 8. The molecule has 0 aliphatic heterocycles. The van der Waals surface area contributed by atoms with Crippen LogP contribution in [0.4, 0.5) is 4.39 Å². The third-order valence-electron chi connectivity index (χ3n) is 2.50. The van der Waals surface area contributed by atoms with Gasteiger partial charge in [-0.15, -0.1) is 0 Å². The van der Waals surface area contributed by atoms with Gasteiger partial charge in [0, 0.05) is 13.7 Å². The van der Waals surface area contributed by atoms with Crippen LogP contribution in [0.3, 0.4) is 0 Å². The van der Waals surface area contributed by atoms with Crippen LogP contribution in [0.5, 0.6) is 0 Å². The summed E-state index contributed by atoms with van der Waals surface area (Å²) in [5.41, 5.74) is 0. The van der Waals surface area contributed by atoms with E-state index in [9.17, 15) is 12.8 Å². The van der Waals surface area contributed by atoms with Crippen LogP contribution >= 0.6 is 11.6 Å². The molecule has 7 heteroatoms. The molecule has 0 unspecified atom stereocenters. The smallest absolute Gasteiger partial charge is 0.178 e. The molecule has 0 radical (unpaired) electrons. The van der Waals surface area contributed by atoms with Crippen molar-refractivity contribution in [2.75, 3.05) is 32.6 Å². The third kappa shape index (κ3) is 5.44. The van der Waals surface area contributed by atoms with E-state index in [0.717, 1.165) is 12.1 Å². The Morgan fingerprint density at radius 3 is 2.74 bits per heavy atom. The maximum absolute atomic E-state index is 13.0. The van der Waals surface area contributed by atoms with Crippen LogP contribution < -0.4 is 5.32 Å². The predicted molar refractivity (Wildman–Crippen MR) is 72.8 cm³/mol. The van der Waals surface area contributed by atoms with Gasteiger partial charge in [-0.2, -0.15) is 0 Å². The lowest BCUT2D eigenvalue weighted by atomic mass is 10.3. The fourth-order valence-electron chi connectivity index (χ4n) is 1.47. The Morgan fingerprint density at radius 2 is 2.11 bits per heavy atom. The van der Waals surface area contributed by atoms with Gasteiger partial charge in [-0.05, 0) is 31.2 Å². The highest BCUT2D eigenvalue weighted by Crippen LogP contribution is 2.20. The summed E-state index contributed by atoms with van der Waals surface area (Å²) >= 11 is 5.57. The number of sulfone groups is 1. The highest BCUT2D eigenvalue weighted by Gasteiger charge is 2.15. The van der Waals surface area contributed by atoms with Crippen molar-refractivity contribution in [2.45, 2.75) is 11.3 Å². The van der Waals surface area contributed by atoms with E-state index in [1.807, 2.05) is 0 Å². The molecule has 1 N–H and O–H groups in total. The molecule has 0 fully saturated rings. The molecule has 0 saturated carbocycles. The molecule has 0 aliphatic rings. The lowest BCUT2D eigenvalue weighted by molar-refractivity contribution is 0.199. The number of halogens is 2. The fourth-order valence-corrected chi connectivity index (χ4v) is 3.05. The van der Waals surface area contributed by atoms with Crippen molar-refractivity contribution in [1.82, 2.24) is 5.32 Å². The Labute approximate surface area is 117 Å². The minimum Gasteiger partial charge on any atom is -0.383 e. The molecule has 19 heavy (non-hydrogen) atoms. The zero-order valence-corrected chi connectivity index (χ0v) is 12.2. The summed E-state index contributed by atoms with van der Waals surface area (Å²) in [4.78, 5) is 0.0517. The molecule has 1 rings (SSSR count). The van der Waals surface area contributed by atoms with Gasteiger partial charge in [0.05, 0.1) is 22.3 Å². The number of methoxy groups -OCH3 is 1. The molecule has 0 spiro atoms. The van der Waals surface area contributed by atoms with E-state index in [1.54, 1.807) is 7.11 Å². The van der Waals surface area contributed by atoms with Crippen molar-refractivity contribution in [2.24, 2.45) is 0 Å². The Bertz CT molecular complexity index is 508. The maximum Gasteiger partial charge on any atom is 0.178 e. The molecule has 0 amide bonds. The molecule has 1 aromatic rings. The van der Waals surface area contributed by atoms with Crippen LogP contribution in [0, 0.1) is 5.82 Å². The lowest BCUT2D eigenvalue weighted by Gasteiger charge is -2.06. The summed E-state index contributed by atoms with van der Waals surface area (Å²) in [5, 5.41) is 2.87. The largest absolute Gasteiger partial charge is 0.383 e. The number of benzene rings is 1. The van der Waals surface area contributed by atoms with Crippen molar-refractivity contribution in [3.8, 4) is 0 Å². The zero-order valence-electron chi connectivity index (χ0n) is 10.7.